The van der Waals surface area contributed by atoms with Gasteiger partial charge in [-0.15, -0.1) is 0 Å². The Kier molecular flexibility index (Phi) is 3.26. The highest BCUT2D eigenvalue weighted by Crippen LogP contribution is 2.24. The SMILES string of the molecule is CN1CCN(c2ccnc(C(=O)O)c2)CC1(C)C. The van der Waals surface area contributed by atoms with Gasteiger partial charge >= 0.3 is 5.97 Å². The van der Waals surface area contributed by atoms with Crippen LogP contribution < -0.4 is 4.90 Å². The summed E-state index contributed by atoms with van der Waals surface area (Å²) in [7, 11) is 2.12. The Morgan fingerprint density at radius 3 is 2.78 bits per heavy atom. The Labute approximate surface area is 107 Å². The van der Waals surface area contributed by atoms with Gasteiger partial charge in [-0.05, 0) is 33.0 Å². The summed E-state index contributed by atoms with van der Waals surface area (Å²) in [5, 5.41) is 8.96. The van der Waals surface area contributed by atoms with Crippen LogP contribution in [0, 0.1) is 0 Å². The summed E-state index contributed by atoms with van der Waals surface area (Å²) in [4.78, 5) is 19.3. The van der Waals surface area contributed by atoms with Gasteiger partial charge in [-0.1, -0.05) is 0 Å². The lowest BCUT2D eigenvalue weighted by molar-refractivity contribution is 0.0690. The van der Waals surface area contributed by atoms with E-state index in [1.807, 2.05) is 6.07 Å². The lowest BCUT2D eigenvalue weighted by Crippen LogP contribution is -2.57. The molecule has 98 valence electrons. The monoisotopic (exact) mass is 249 g/mol. The molecule has 5 nitrogen and oxygen atoms in total. The van der Waals surface area contributed by atoms with Crippen LogP contribution in [0.15, 0.2) is 18.3 Å². The zero-order valence-corrected chi connectivity index (χ0v) is 11.1. The van der Waals surface area contributed by atoms with E-state index >= 15 is 0 Å². The van der Waals surface area contributed by atoms with Crippen molar-refractivity contribution in [3.05, 3.63) is 24.0 Å². The molecular formula is C13H19N3O2. The van der Waals surface area contributed by atoms with Gasteiger partial charge < -0.3 is 10.0 Å². The maximum Gasteiger partial charge on any atom is 0.354 e. The molecule has 1 aliphatic heterocycles. The fraction of sp³-hybridized carbons (Fsp3) is 0.538. The molecule has 1 saturated heterocycles. The molecule has 5 heteroatoms. The highest BCUT2D eigenvalue weighted by Gasteiger charge is 2.31. The average molecular weight is 249 g/mol. The minimum Gasteiger partial charge on any atom is -0.477 e. The largest absolute Gasteiger partial charge is 0.477 e. The summed E-state index contributed by atoms with van der Waals surface area (Å²) in [6.07, 6.45) is 1.56. The van der Waals surface area contributed by atoms with E-state index in [9.17, 15) is 4.79 Å². The molecule has 1 aromatic heterocycles. The quantitative estimate of drug-likeness (QED) is 0.856. The number of carbonyl (C=O) groups is 1. The third-order valence-electron chi connectivity index (χ3n) is 3.64. The molecule has 0 saturated carbocycles. The zero-order valence-electron chi connectivity index (χ0n) is 11.1. The molecule has 0 spiro atoms. The summed E-state index contributed by atoms with van der Waals surface area (Å²) < 4.78 is 0. The molecule has 0 bridgehead atoms. The lowest BCUT2D eigenvalue weighted by atomic mass is 9.99. The number of aromatic carboxylic acids is 1. The van der Waals surface area contributed by atoms with Crippen molar-refractivity contribution in [3.63, 3.8) is 0 Å². The molecule has 1 N–H and O–H groups in total. The lowest BCUT2D eigenvalue weighted by Gasteiger charge is -2.46. The van der Waals surface area contributed by atoms with E-state index in [0.29, 0.717) is 0 Å². The van der Waals surface area contributed by atoms with Crippen molar-refractivity contribution in [1.29, 1.82) is 0 Å². The molecule has 18 heavy (non-hydrogen) atoms. The number of anilines is 1. The number of likely N-dealkylation sites (N-methyl/N-ethyl adjacent to an activating group) is 1. The van der Waals surface area contributed by atoms with Gasteiger partial charge in [0, 0.05) is 37.1 Å². The Balaban J connectivity index is 2.22. The number of hydrogen-bond acceptors (Lipinski definition) is 4. The predicted octanol–water partition coefficient (Wildman–Crippen LogP) is 1.31. The molecule has 2 heterocycles. The van der Waals surface area contributed by atoms with E-state index in [0.717, 1.165) is 25.3 Å². The fourth-order valence-electron chi connectivity index (χ4n) is 2.19. The number of rotatable bonds is 2. The predicted molar refractivity (Wildman–Crippen MR) is 70.1 cm³/mol. The highest BCUT2D eigenvalue weighted by atomic mass is 16.4. The highest BCUT2D eigenvalue weighted by molar-refractivity contribution is 5.86. The molecular weight excluding hydrogens is 230 g/mol. The molecule has 1 fully saturated rings. The Hall–Kier alpha value is -1.62. The van der Waals surface area contributed by atoms with Gasteiger partial charge in [0.2, 0.25) is 0 Å². The molecule has 0 atom stereocenters. The van der Waals surface area contributed by atoms with E-state index in [2.05, 4.69) is 35.7 Å². The van der Waals surface area contributed by atoms with Crippen LogP contribution in [0.1, 0.15) is 24.3 Å². The standard InChI is InChI=1S/C13H19N3O2/c1-13(2)9-16(7-6-15(13)3)10-4-5-14-11(8-10)12(17)18/h4-5,8H,6-7,9H2,1-3H3,(H,17,18). The number of carboxylic acid groups (broad SMARTS) is 1. The Morgan fingerprint density at radius 1 is 1.44 bits per heavy atom. The van der Waals surface area contributed by atoms with Gasteiger partial charge in [0.1, 0.15) is 5.69 Å². The van der Waals surface area contributed by atoms with E-state index in [-0.39, 0.29) is 11.2 Å². The first-order valence-electron chi connectivity index (χ1n) is 6.06. The number of pyridine rings is 1. The van der Waals surface area contributed by atoms with Crippen LogP contribution >= 0.6 is 0 Å². The first-order valence-corrected chi connectivity index (χ1v) is 6.06. The number of piperazine rings is 1. The number of nitrogens with zero attached hydrogens (tertiary/aromatic N) is 3. The van der Waals surface area contributed by atoms with E-state index in [1.54, 1.807) is 12.3 Å². The second kappa shape index (κ2) is 4.57. The summed E-state index contributed by atoms with van der Waals surface area (Å²) in [5.41, 5.74) is 1.12. The summed E-state index contributed by atoms with van der Waals surface area (Å²) >= 11 is 0. The van der Waals surface area contributed by atoms with Gasteiger partial charge in [0.25, 0.3) is 0 Å². The second-order valence-electron chi connectivity index (χ2n) is 5.36. The average Bonchev–Trinajstić information content (AvgIpc) is 2.33. The maximum absolute atomic E-state index is 10.9. The van der Waals surface area contributed by atoms with E-state index in [4.69, 9.17) is 5.11 Å². The summed E-state index contributed by atoms with van der Waals surface area (Å²) in [6, 6.07) is 3.51. The summed E-state index contributed by atoms with van der Waals surface area (Å²) in [5.74, 6) is -0.981. The third-order valence-corrected chi connectivity index (χ3v) is 3.64. The Bertz CT molecular complexity index is 459. The third kappa shape index (κ3) is 2.46. The molecule has 2 rings (SSSR count). The van der Waals surface area contributed by atoms with Crippen molar-refractivity contribution in [2.75, 3.05) is 31.6 Å². The van der Waals surface area contributed by atoms with Crippen molar-refractivity contribution in [2.45, 2.75) is 19.4 Å². The molecule has 0 aromatic carbocycles. The maximum atomic E-state index is 10.9. The molecule has 0 radical (unpaired) electrons. The topological polar surface area (TPSA) is 56.7 Å². The van der Waals surface area contributed by atoms with Crippen LogP contribution in [-0.4, -0.2) is 53.2 Å². The Morgan fingerprint density at radius 2 is 2.17 bits per heavy atom. The van der Waals surface area contributed by atoms with Gasteiger partial charge in [-0.2, -0.15) is 0 Å². The fourth-order valence-corrected chi connectivity index (χ4v) is 2.19. The van der Waals surface area contributed by atoms with Crippen LogP contribution in [-0.2, 0) is 0 Å². The minimum atomic E-state index is -0.981. The van der Waals surface area contributed by atoms with Crippen molar-refractivity contribution in [3.8, 4) is 0 Å². The van der Waals surface area contributed by atoms with Crippen LogP contribution in [0.5, 0.6) is 0 Å². The van der Waals surface area contributed by atoms with Gasteiger partial charge in [-0.25, -0.2) is 9.78 Å². The normalized spacial score (nSPS) is 19.8. The smallest absolute Gasteiger partial charge is 0.354 e. The van der Waals surface area contributed by atoms with Gasteiger partial charge in [-0.3, -0.25) is 4.90 Å². The second-order valence-corrected chi connectivity index (χ2v) is 5.36. The van der Waals surface area contributed by atoms with Crippen LogP contribution in [0.3, 0.4) is 0 Å². The van der Waals surface area contributed by atoms with Crippen molar-refractivity contribution < 1.29 is 9.90 Å². The molecule has 0 amide bonds. The van der Waals surface area contributed by atoms with Crippen molar-refractivity contribution in [1.82, 2.24) is 9.88 Å². The van der Waals surface area contributed by atoms with Gasteiger partial charge in [0.05, 0.1) is 0 Å². The number of carboxylic acids is 1. The van der Waals surface area contributed by atoms with E-state index in [1.165, 1.54) is 0 Å². The van der Waals surface area contributed by atoms with Crippen molar-refractivity contribution in [2.24, 2.45) is 0 Å². The van der Waals surface area contributed by atoms with Gasteiger partial charge in [0.15, 0.2) is 0 Å². The van der Waals surface area contributed by atoms with Crippen LogP contribution in [0.4, 0.5) is 5.69 Å². The number of aromatic nitrogens is 1. The molecule has 0 aliphatic carbocycles. The molecule has 0 unspecified atom stereocenters. The molecule has 1 aromatic rings. The van der Waals surface area contributed by atoms with Crippen LogP contribution in [0.2, 0.25) is 0 Å². The minimum absolute atomic E-state index is 0.0882. The number of hydrogen-bond donors (Lipinski definition) is 1. The first-order chi connectivity index (χ1) is 8.40. The van der Waals surface area contributed by atoms with Crippen molar-refractivity contribution >= 4 is 11.7 Å². The van der Waals surface area contributed by atoms with E-state index < -0.39 is 5.97 Å². The van der Waals surface area contributed by atoms with Crippen LogP contribution in [0.25, 0.3) is 0 Å². The zero-order chi connectivity index (χ0) is 13.3. The summed E-state index contributed by atoms with van der Waals surface area (Å²) in [6.45, 7) is 7.14. The first kappa shape index (κ1) is 12.8. The molecule has 1 aliphatic rings.